The zero-order valence-electron chi connectivity index (χ0n) is 11.0. The van der Waals surface area contributed by atoms with E-state index in [0.29, 0.717) is 5.56 Å². The molecule has 0 aliphatic rings. The number of rotatable bonds is 3. The van der Waals surface area contributed by atoms with Crippen LogP contribution in [0.15, 0.2) is 29.6 Å². The molecular weight excluding hydrogens is 294 g/mol. The molecule has 2 rings (SSSR count). The summed E-state index contributed by atoms with van der Waals surface area (Å²) < 4.78 is 26.2. The molecule has 1 amide bonds. The van der Waals surface area contributed by atoms with Crippen LogP contribution in [0.3, 0.4) is 0 Å². The summed E-state index contributed by atoms with van der Waals surface area (Å²) in [6.07, 6.45) is 0. The van der Waals surface area contributed by atoms with E-state index in [9.17, 15) is 13.6 Å². The van der Waals surface area contributed by atoms with Gasteiger partial charge >= 0.3 is 0 Å². The minimum atomic E-state index is -0.685. The zero-order valence-corrected chi connectivity index (χ0v) is 11.8. The lowest BCUT2D eigenvalue weighted by molar-refractivity contribution is 0.0951. The molecule has 0 saturated heterocycles. The smallest absolute Gasteiger partial charge is 0.252 e. The molecule has 1 heterocycles. The van der Waals surface area contributed by atoms with Crippen molar-refractivity contribution in [2.45, 2.75) is 6.54 Å². The van der Waals surface area contributed by atoms with Crippen LogP contribution in [0.25, 0.3) is 0 Å². The molecule has 0 unspecified atom stereocenters. The van der Waals surface area contributed by atoms with Gasteiger partial charge in [-0.05, 0) is 12.1 Å². The van der Waals surface area contributed by atoms with Crippen molar-refractivity contribution in [2.75, 3.05) is 6.54 Å². The van der Waals surface area contributed by atoms with Crippen LogP contribution in [0.4, 0.5) is 8.78 Å². The van der Waals surface area contributed by atoms with Gasteiger partial charge in [-0.1, -0.05) is 17.9 Å². The third-order valence-corrected chi connectivity index (χ3v) is 3.48. The summed E-state index contributed by atoms with van der Waals surface area (Å²) >= 11 is 1.33. The van der Waals surface area contributed by atoms with Crippen molar-refractivity contribution in [1.29, 1.82) is 0 Å². The molecule has 0 saturated carbocycles. The summed E-state index contributed by atoms with van der Waals surface area (Å²) in [6, 6.07) is 4.88. The molecule has 0 radical (unpaired) electrons. The van der Waals surface area contributed by atoms with Gasteiger partial charge in [0.05, 0.1) is 17.0 Å². The molecule has 0 aliphatic carbocycles. The highest BCUT2D eigenvalue weighted by Crippen LogP contribution is 2.14. The summed E-state index contributed by atoms with van der Waals surface area (Å²) in [5.74, 6) is 3.86. The Morgan fingerprint density at radius 3 is 2.86 bits per heavy atom. The van der Waals surface area contributed by atoms with Crippen molar-refractivity contribution in [3.8, 4) is 11.8 Å². The highest BCUT2D eigenvalue weighted by Gasteiger charge is 2.09. The van der Waals surface area contributed by atoms with E-state index in [1.54, 1.807) is 11.4 Å². The lowest BCUT2D eigenvalue weighted by atomic mass is 10.2. The standard InChI is InChI=1S/C15H12F2N2OS/c16-12-4-3-10(14(17)7-12)8-19-15(20)11-6-13(21-9-11)2-1-5-18/h3-4,6-7,9H,5,8,18H2,(H,19,20). The number of benzene rings is 1. The maximum absolute atomic E-state index is 13.4. The van der Waals surface area contributed by atoms with Gasteiger partial charge in [0.15, 0.2) is 0 Å². The lowest BCUT2D eigenvalue weighted by Gasteiger charge is -2.05. The van der Waals surface area contributed by atoms with Gasteiger partial charge in [0.1, 0.15) is 11.6 Å². The Hall–Kier alpha value is -2.23. The predicted octanol–water partition coefficient (Wildman–Crippen LogP) is 2.27. The molecule has 0 fully saturated rings. The number of hydrogen-bond donors (Lipinski definition) is 2. The van der Waals surface area contributed by atoms with Crippen molar-refractivity contribution in [2.24, 2.45) is 5.73 Å². The predicted molar refractivity (Wildman–Crippen MR) is 77.8 cm³/mol. The second-order valence-corrected chi connectivity index (χ2v) is 5.04. The normalized spacial score (nSPS) is 9.86. The highest BCUT2D eigenvalue weighted by molar-refractivity contribution is 7.10. The second-order valence-electron chi connectivity index (χ2n) is 4.12. The third kappa shape index (κ3) is 4.12. The molecule has 0 spiro atoms. The minimum Gasteiger partial charge on any atom is -0.348 e. The molecule has 108 valence electrons. The first-order valence-electron chi connectivity index (χ1n) is 6.09. The molecule has 6 heteroatoms. The van der Waals surface area contributed by atoms with Crippen molar-refractivity contribution in [3.63, 3.8) is 0 Å². The third-order valence-electron chi connectivity index (χ3n) is 2.63. The molecule has 3 nitrogen and oxygen atoms in total. The average molecular weight is 306 g/mol. The Kier molecular flexibility index (Phi) is 5.04. The van der Waals surface area contributed by atoms with Gasteiger partial charge < -0.3 is 11.1 Å². The van der Waals surface area contributed by atoms with Gasteiger partial charge in [-0.3, -0.25) is 4.79 Å². The van der Waals surface area contributed by atoms with Crippen LogP contribution in [-0.2, 0) is 6.54 Å². The summed E-state index contributed by atoms with van der Waals surface area (Å²) in [6.45, 7) is 0.244. The van der Waals surface area contributed by atoms with Crippen LogP contribution in [0.1, 0.15) is 20.8 Å². The lowest BCUT2D eigenvalue weighted by Crippen LogP contribution is -2.22. The van der Waals surface area contributed by atoms with Crippen LogP contribution < -0.4 is 11.1 Å². The number of nitrogens with two attached hydrogens (primary N) is 1. The fraction of sp³-hybridized carbons (Fsp3) is 0.133. The number of nitrogens with one attached hydrogen (secondary N) is 1. The summed E-state index contributed by atoms with van der Waals surface area (Å²) in [4.78, 5) is 12.6. The molecule has 3 N–H and O–H groups in total. The van der Waals surface area contributed by atoms with E-state index in [1.165, 1.54) is 17.4 Å². The van der Waals surface area contributed by atoms with E-state index in [1.807, 2.05) is 0 Å². The number of amides is 1. The molecule has 0 aliphatic heterocycles. The SMILES string of the molecule is NCC#Cc1cc(C(=O)NCc2ccc(F)cc2F)cs1. The first-order chi connectivity index (χ1) is 10.1. The molecule has 2 aromatic rings. The molecule has 0 bridgehead atoms. The van der Waals surface area contributed by atoms with Crippen LogP contribution >= 0.6 is 11.3 Å². The Balaban J connectivity index is 2.00. The van der Waals surface area contributed by atoms with E-state index in [0.717, 1.165) is 17.0 Å². The summed E-state index contributed by atoms with van der Waals surface area (Å²) in [7, 11) is 0. The highest BCUT2D eigenvalue weighted by atomic mass is 32.1. The van der Waals surface area contributed by atoms with Crippen LogP contribution in [0.2, 0.25) is 0 Å². The van der Waals surface area contributed by atoms with Gasteiger partial charge in [0, 0.05) is 23.6 Å². The molecule has 1 aromatic carbocycles. The molecule has 0 atom stereocenters. The summed E-state index contributed by atoms with van der Waals surface area (Å²) in [5, 5.41) is 4.24. The summed E-state index contributed by atoms with van der Waals surface area (Å²) in [5.41, 5.74) is 5.94. The Bertz CT molecular complexity index is 716. The number of thiophene rings is 1. The largest absolute Gasteiger partial charge is 0.348 e. The van der Waals surface area contributed by atoms with E-state index >= 15 is 0 Å². The fourth-order valence-electron chi connectivity index (χ4n) is 1.60. The number of carbonyl (C=O) groups excluding carboxylic acids is 1. The van der Waals surface area contributed by atoms with Gasteiger partial charge in [-0.15, -0.1) is 11.3 Å². The monoisotopic (exact) mass is 306 g/mol. The Labute approximate surface area is 124 Å². The van der Waals surface area contributed by atoms with Crippen molar-refractivity contribution < 1.29 is 13.6 Å². The second kappa shape index (κ2) is 6.97. The zero-order chi connectivity index (χ0) is 15.2. The van der Waals surface area contributed by atoms with E-state index in [-0.39, 0.29) is 24.6 Å². The van der Waals surface area contributed by atoms with E-state index in [4.69, 9.17) is 5.73 Å². The van der Waals surface area contributed by atoms with Crippen LogP contribution in [0, 0.1) is 23.5 Å². The van der Waals surface area contributed by atoms with Gasteiger partial charge in [0.2, 0.25) is 0 Å². The maximum Gasteiger partial charge on any atom is 0.252 e. The Morgan fingerprint density at radius 2 is 2.14 bits per heavy atom. The molecule has 21 heavy (non-hydrogen) atoms. The van der Waals surface area contributed by atoms with Crippen molar-refractivity contribution in [1.82, 2.24) is 5.32 Å². The van der Waals surface area contributed by atoms with Crippen molar-refractivity contribution >= 4 is 17.2 Å². The molecule has 1 aromatic heterocycles. The van der Waals surface area contributed by atoms with Crippen LogP contribution in [0.5, 0.6) is 0 Å². The Morgan fingerprint density at radius 1 is 1.33 bits per heavy atom. The first kappa shape index (κ1) is 15.2. The molecular formula is C15H12F2N2OS. The fourth-order valence-corrected chi connectivity index (χ4v) is 2.36. The van der Waals surface area contributed by atoms with E-state index in [2.05, 4.69) is 17.2 Å². The van der Waals surface area contributed by atoms with Gasteiger partial charge in [-0.2, -0.15) is 0 Å². The topological polar surface area (TPSA) is 55.1 Å². The maximum atomic E-state index is 13.4. The quantitative estimate of drug-likeness (QED) is 0.855. The van der Waals surface area contributed by atoms with Crippen molar-refractivity contribution in [3.05, 3.63) is 57.3 Å². The number of halogens is 2. The minimum absolute atomic E-state index is 0.00932. The van der Waals surface area contributed by atoms with Crippen LogP contribution in [-0.4, -0.2) is 12.5 Å². The van der Waals surface area contributed by atoms with Gasteiger partial charge in [0.25, 0.3) is 5.91 Å². The average Bonchev–Trinajstić information content (AvgIpc) is 2.93. The first-order valence-corrected chi connectivity index (χ1v) is 6.97. The number of hydrogen-bond acceptors (Lipinski definition) is 3. The van der Waals surface area contributed by atoms with Gasteiger partial charge in [-0.25, -0.2) is 8.78 Å². The number of carbonyl (C=O) groups is 1. The van der Waals surface area contributed by atoms with E-state index < -0.39 is 11.6 Å².